The fourth-order valence-corrected chi connectivity index (χ4v) is 4.31. The Labute approximate surface area is 206 Å². The first-order chi connectivity index (χ1) is 15.7. The number of hydrogen-bond donors (Lipinski definition) is 2. The Morgan fingerprint density at radius 3 is 2.39 bits per heavy atom. The maximum absolute atomic E-state index is 12.4. The van der Waals surface area contributed by atoms with E-state index in [1.165, 1.54) is 11.8 Å². The number of methoxy groups -OCH3 is 1. The molecule has 0 bridgehead atoms. The van der Waals surface area contributed by atoms with Crippen LogP contribution < -0.4 is 15.4 Å². The Morgan fingerprint density at radius 1 is 1.09 bits per heavy atom. The molecule has 0 aliphatic rings. The van der Waals surface area contributed by atoms with Gasteiger partial charge in [-0.2, -0.15) is 0 Å². The molecule has 0 saturated heterocycles. The Bertz CT molecular complexity index is 1120. The van der Waals surface area contributed by atoms with Gasteiger partial charge in [0.05, 0.1) is 25.3 Å². The number of nitrogens with zero attached hydrogens (tertiary/aromatic N) is 3. The first-order valence-corrected chi connectivity index (χ1v) is 11.7. The zero-order valence-corrected chi connectivity index (χ0v) is 20.6. The quantitative estimate of drug-likeness (QED) is 0.419. The Morgan fingerprint density at radius 2 is 1.76 bits per heavy atom. The molecule has 2 amide bonds. The lowest BCUT2D eigenvalue weighted by molar-refractivity contribution is -0.121. The highest BCUT2D eigenvalue weighted by molar-refractivity contribution is 7.99. The molecule has 0 spiro atoms. The zero-order valence-electron chi connectivity index (χ0n) is 18.3. The summed E-state index contributed by atoms with van der Waals surface area (Å²) in [5, 5.41) is 15.4. The average molecular weight is 508 g/mol. The predicted octanol–water partition coefficient (Wildman–Crippen LogP) is 4.28. The second-order valence-electron chi connectivity index (χ2n) is 7.21. The summed E-state index contributed by atoms with van der Waals surface area (Å²) in [5.41, 5.74) is 1.40. The number of halogens is 2. The summed E-state index contributed by atoms with van der Waals surface area (Å²) in [7, 11) is 3.39. The standard InChI is InChI=1S/C22H23Cl2N5O3S/c1-13(25-19(30)8-14-4-6-18(32-3)7-5-14)21-27-28-22(29(21)2)33-12-20(31)26-17-10-15(23)9-16(24)11-17/h4-7,9-11,13H,8,12H2,1-3H3,(H,25,30)(H,26,31). The number of carbonyl (C=O) groups excluding carboxylic acids is 2. The minimum absolute atomic E-state index is 0.119. The fourth-order valence-electron chi connectivity index (χ4n) is 3.07. The van der Waals surface area contributed by atoms with Gasteiger partial charge in [0.25, 0.3) is 0 Å². The number of anilines is 1. The Hall–Kier alpha value is -2.75. The number of hydrogen-bond acceptors (Lipinski definition) is 6. The van der Waals surface area contributed by atoms with Crippen LogP contribution in [0.25, 0.3) is 0 Å². The molecule has 1 heterocycles. The molecule has 8 nitrogen and oxygen atoms in total. The van der Waals surface area contributed by atoms with Crippen LogP contribution in [-0.4, -0.2) is 39.4 Å². The number of thioether (sulfide) groups is 1. The molecular formula is C22H23Cl2N5O3S. The number of ether oxygens (including phenoxy) is 1. The summed E-state index contributed by atoms with van der Waals surface area (Å²) >= 11 is 13.1. The van der Waals surface area contributed by atoms with Gasteiger partial charge in [0, 0.05) is 22.8 Å². The summed E-state index contributed by atoms with van der Waals surface area (Å²) in [6.45, 7) is 1.83. The number of benzene rings is 2. The van der Waals surface area contributed by atoms with Gasteiger partial charge in [-0.05, 0) is 42.8 Å². The molecule has 0 aliphatic heterocycles. The van der Waals surface area contributed by atoms with E-state index in [2.05, 4.69) is 20.8 Å². The minimum atomic E-state index is -0.356. The largest absolute Gasteiger partial charge is 0.497 e. The van der Waals surface area contributed by atoms with Crippen molar-refractivity contribution in [1.29, 1.82) is 0 Å². The van der Waals surface area contributed by atoms with E-state index in [1.807, 2.05) is 31.2 Å². The van der Waals surface area contributed by atoms with E-state index in [-0.39, 0.29) is 30.0 Å². The maximum atomic E-state index is 12.4. The molecular weight excluding hydrogens is 485 g/mol. The van der Waals surface area contributed by atoms with Crippen LogP contribution >= 0.6 is 35.0 Å². The first kappa shape index (κ1) is 24.9. The van der Waals surface area contributed by atoms with Crippen molar-refractivity contribution < 1.29 is 14.3 Å². The summed E-state index contributed by atoms with van der Waals surface area (Å²) in [4.78, 5) is 24.7. The molecule has 0 saturated carbocycles. The van der Waals surface area contributed by atoms with Crippen LogP contribution in [0.2, 0.25) is 10.0 Å². The Kier molecular flexibility index (Phi) is 8.60. The Balaban J connectivity index is 1.53. The topological polar surface area (TPSA) is 98.1 Å². The SMILES string of the molecule is COc1ccc(CC(=O)NC(C)c2nnc(SCC(=O)Nc3cc(Cl)cc(Cl)c3)n2C)cc1. The van der Waals surface area contributed by atoms with Crippen molar-refractivity contribution in [2.45, 2.75) is 24.5 Å². The van der Waals surface area contributed by atoms with Crippen LogP contribution in [-0.2, 0) is 23.1 Å². The van der Waals surface area contributed by atoms with E-state index in [9.17, 15) is 9.59 Å². The zero-order chi connectivity index (χ0) is 24.0. The third kappa shape index (κ3) is 7.12. The number of rotatable bonds is 9. The van der Waals surface area contributed by atoms with Crippen LogP contribution in [0.15, 0.2) is 47.6 Å². The first-order valence-electron chi connectivity index (χ1n) is 9.95. The predicted molar refractivity (Wildman–Crippen MR) is 130 cm³/mol. The average Bonchev–Trinajstić information content (AvgIpc) is 3.12. The molecule has 11 heteroatoms. The number of amides is 2. The molecule has 1 aromatic heterocycles. The number of carbonyl (C=O) groups is 2. The van der Waals surface area contributed by atoms with Gasteiger partial charge in [0.2, 0.25) is 11.8 Å². The normalized spacial score (nSPS) is 11.7. The molecule has 0 fully saturated rings. The minimum Gasteiger partial charge on any atom is -0.497 e. The van der Waals surface area contributed by atoms with Crippen LogP contribution in [0.4, 0.5) is 5.69 Å². The highest BCUT2D eigenvalue weighted by Crippen LogP contribution is 2.24. The van der Waals surface area contributed by atoms with Crippen molar-refractivity contribution >= 4 is 52.5 Å². The van der Waals surface area contributed by atoms with Crippen molar-refractivity contribution in [1.82, 2.24) is 20.1 Å². The lowest BCUT2D eigenvalue weighted by Gasteiger charge is -2.14. The molecule has 2 aromatic carbocycles. The molecule has 1 unspecified atom stereocenters. The summed E-state index contributed by atoms with van der Waals surface area (Å²) < 4.78 is 6.89. The lowest BCUT2D eigenvalue weighted by Crippen LogP contribution is -2.29. The van der Waals surface area contributed by atoms with Crippen molar-refractivity contribution in [3.8, 4) is 5.75 Å². The van der Waals surface area contributed by atoms with Crippen molar-refractivity contribution in [2.24, 2.45) is 7.05 Å². The van der Waals surface area contributed by atoms with Gasteiger partial charge in [-0.1, -0.05) is 47.1 Å². The van der Waals surface area contributed by atoms with E-state index >= 15 is 0 Å². The van der Waals surface area contributed by atoms with Gasteiger partial charge in [0.15, 0.2) is 11.0 Å². The summed E-state index contributed by atoms with van der Waals surface area (Å²) in [6, 6.07) is 11.8. The molecule has 1 atom stereocenters. The van der Waals surface area contributed by atoms with Gasteiger partial charge in [-0.15, -0.1) is 10.2 Å². The summed E-state index contributed by atoms with van der Waals surface area (Å²) in [6.07, 6.45) is 0.238. The molecule has 3 aromatic rings. The van der Waals surface area contributed by atoms with Crippen LogP contribution in [0.3, 0.4) is 0 Å². The third-order valence-electron chi connectivity index (χ3n) is 4.64. The molecule has 2 N–H and O–H groups in total. The van der Waals surface area contributed by atoms with E-state index in [0.717, 1.165) is 11.3 Å². The summed E-state index contributed by atoms with van der Waals surface area (Å²) in [5.74, 6) is 1.08. The van der Waals surface area contributed by atoms with Crippen molar-refractivity contribution in [2.75, 3.05) is 18.2 Å². The molecule has 174 valence electrons. The van der Waals surface area contributed by atoms with Crippen LogP contribution in [0, 0.1) is 0 Å². The highest BCUT2D eigenvalue weighted by atomic mass is 35.5. The third-order valence-corrected chi connectivity index (χ3v) is 6.09. The highest BCUT2D eigenvalue weighted by Gasteiger charge is 2.18. The van der Waals surface area contributed by atoms with Crippen molar-refractivity contribution in [3.05, 3.63) is 63.9 Å². The van der Waals surface area contributed by atoms with E-state index in [4.69, 9.17) is 27.9 Å². The van der Waals surface area contributed by atoms with Gasteiger partial charge in [-0.25, -0.2) is 0 Å². The van der Waals surface area contributed by atoms with Crippen molar-refractivity contribution in [3.63, 3.8) is 0 Å². The second kappa shape index (κ2) is 11.4. The van der Waals surface area contributed by atoms with Gasteiger partial charge in [0.1, 0.15) is 5.75 Å². The van der Waals surface area contributed by atoms with E-state index in [0.29, 0.717) is 26.7 Å². The second-order valence-corrected chi connectivity index (χ2v) is 9.02. The van der Waals surface area contributed by atoms with Gasteiger partial charge >= 0.3 is 0 Å². The van der Waals surface area contributed by atoms with Crippen LogP contribution in [0.1, 0.15) is 24.4 Å². The molecule has 0 radical (unpaired) electrons. The van der Waals surface area contributed by atoms with Crippen LogP contribution in [0.5, 0.6) is 5.75 Å². The number of aromatic nitrogens is 3. The smallest absolute Gasteiger partial charge is 0.234 e. The number of nitrogens with one attached hydrogen (secondary N) is 2. The van der Waals surface area contributed by atoms with E-state index < -0.39 is 0 Å². The maximum Gasteiger partial charge on any atom is 0.234 e. The van der Waals surface area contributed by atoms with Gasteiger partial charge < -0.3 is 19.9 Å². The van der Waals surface area contributed by atoms with E-state index in [1.54, 1.807) is 36.9 Å². The fraction of sp³-hybridized carbons (Fsp3) is 0.273. The van der Waals surface area contributed by atoms with Gasteiger partial charge in [-0.3, -0.25) is 9.59 Å². The monoisotopic (exact) mass is 507 g/mol. The molecule has 33 heavy (non-hydrogen) atoms. The molecule has 3 rings (SSSR count). The lowest BCUT2D eigenvalue weighted by atomic mass is 10.1. The molecule has 0 aliphatic carbocycles.